The normalized spacial score (nSPS) is 15.6. The van der Waals surface area contributed by atoms with Gasteiger partial charge < -0.3 is 15.6 Å². The maximum Gasteiger partial charge on any atom is 0.415 e. The molecule has 17 heavy (non-hydrogen) atoms. The van der Waals surface area contributed by atoms with Crippen LogP contribution in [0.3, 0.4) is 0 Å². The van der Waals surface area contributed by atoms with Crippen LogP contribution in [0.25, 0.3) is 0 Å². The summed E-state index contributed by atoms with van der Waals surface area (Å²) in [5.41, 5.74) is 6.01. The number of hydrogen-bond donors (Lipinski definition) is 2. The van der Waals surface area contributed by atoms with Crippen LogP contribution in [0.5, 0.6) is 0 Å². The standard InChI is InChI=1S/C11H14F3NO2/c12-11(13,14)10(16)9(15)7-17-6-8-4-2-1-3-5-8/h1-5,9-10,16H,6-7,15H2/t9-,10-/m1/s1. The Morgan fingerprint density at radius 2 is 1.82 bits per heavy atom. The highest BCUT2D eigenvalue weighted by Gasteiger charge is 2.42. The van der Waals surface area contributed by atoms with Crippen molar-refractivity contribution in [3.8, 4) is 0 Å². The van der Waals surface area contributed by atoms with E-state index in [1.165, 1.54) is 0 Å². The summed E-state index contributed by atoms with van der Waals surface area (Å²) in [5, 5.41) is 8.82. The molecular formula is C11H14F3NO2. The number of ether oxygens (including phenoxy) is 1. The second kappa shape index (κ2) is 6.00. The first-order chi connectivity index (χ1) is 7.91. The van der Waals surface area contributed by atoms with E-state index in [1.807, 2.05) is 6.07 Å². The predicted octanol–water partition coefficient (Wildman–Crippen LogP) is 1.45. The van der Waals surface area contributed by atoms with Crippen molar-refractivity contribution in [3.05, 3.63) is 35.9 Å². The Bertz CT molecular complexity index is 329. The van der Waals surface area contributed by atoms with Gasteiger partial charge in [0.15, 0.2) is 6.10 Å². The minimum Gasteiger partial charge on any atom is -0.382 e. The molecular weight excluding hydrogens is 235 g/mol. The van der Waals surface area contributed by atoms with E-state index in [0.29, 0.717) is 0 Å². The first-order valence-corrected chi connectivity index (χ1v) is 5.03. The molecule has 0 saturated heterocycles. The number of aliphatic hydroxyl groups excluding tert-OH is 1. The summed E-state index contributed by atoms with van der Waals surface area (Å²) in [5.74, 6) is 0. The van der Waals surface area contributed by atoms with Crippen molar-refractivity contribution in [2.45, 2.75) is 24.9 Å². The highest BCUT2D eigenvalue weighted by Crippen LogP contribution is 2.21. The van der Waals surface area contributed by atoms with E-state index in [9.17, 15) is 13.2 Å². The van der Waals surface area contributed by atoms with Gasteiger partial charge in [-0.2, -0.15) is 13.2 Å². The van der Waals surface area contributed by atoms with E-state index in [0.717, 1.165) is 5.56 Å². The van der Waals surface area contributed by atoms with Crippen LogP contribution in [0.4, 0.5) is 13.2 Å². The van der Waals surface area contributed by atoms with Crippen LogP contribution in [0, 0.1) is 0 Å². The van der Waals surface area contributed by atoms with E-state index in [4.69, 9.17) is 15.6 Å². The van der Waals surface area contributed by atoms with Crippen LogP contribution in [0.15, 0.2) is 30.3 Å². The Labute approximate surface area is 97.0 Å². The first-order valence-electron chi connectivity index (χ1n) is 5.03. The SMILES string of the molecule is N[C@H](COCc1ccccc1)[C@@H](O)C(F)(F)F. The van der Waals surface area contributed by atoms with Crippen molar-refractivity contribution in [1.29, 1.82) is 0 Å². The second-order valence-electron chi connectivity index (χ2n) is 3.65. The third-order valence-electron chi connectivity index (χ3n) is 2.16. The molecule has 6 heteroatoms. The molecule has 1 aromatic carbocycles. The molecule has 0 heterocycles. The zero-order valence-electron chi connectivity index (χ0n) is 9.02. The average molecular weight is 249 g/mol. The molecule has 0 saturated carbocycles. The summed E-state index contributed by atoms with van der Waals surface area (Å²) in [6.07, 6.45) is -7.27. The fraction of sp³-hybridized carbons (Fsp3) is 0.455. The molecule has 1 aromatic rings. The summed E-state index contributed by atoms with van der Waals surface area (Å²) >= 11 is 0. The Balaban J connectivity index is 2.32. The zero-order valence-corrected chi connectivity index (χ0v) is 9.02. The monoisotopic (exact) mass is 249 g/mol. The molecule has 0 amide bonds. The lowest BCUT2D eigenvalue weighted by molar-refractivity contribution is -0.213. The van der Waals surface area contributed by atoms with Crippen LogP contribution in [0.2, 0.25) is 0 Å². The third-order valence-corrected chi connectivity index (χ3v) is 2.16. The van der Waals surface area contributed by atoms with E-state index in [2.05, 4.69) is 0 Å². The number of benzene rings is 1. The second-order valence-corrected chi connectivity index (χ2v) is 3.65. The number of hydrogen-bond acceptors (Lipinski definition) is 3. The molecule has 1 rings (SSSR count). The van der Waals surface area contributed by atoms with Gasteiger partial charge in [-0.15, -0.1) is 0 Å². The molecule has 0 aliphatic rings. The molecule has 0 aliphatic heterocycles. The maximum absolute atomic E-state index is 12.1. The van der Waals surface area contributed by atoms with E-state index >= 15 is 0 Å². The predicted molar refractivity (Wildman–Crippen MR) is 56.1 cm³/mol. The van der Waals surface area contributed by atoms with E-state index in [-0.39, 0.29) is 13.2 Å². The van der Waals surface area contributed by atoms with Gasteiger partial charge in [0.05, 0.1) is 19.3 Å². The number of alkyl halides is 3. The van der Waals surface area contributed by atoms with Gasteiger partial charge in [-0.3, -0.25) is 0 Å². The van der Waals surface area contributed by atoms with Crippen molar-refractivity contribution in [2.75, 3.05) is 6.61 Å². The van der Waals surface area contributed by atoms with Crippen molar-refractivity contribution < 1.29 is 23.0 Å². The molecule has 0 unspecified atom stereocenters. The zero-order chi connectivity index (χ0) is 12.9. The number of halogens is 3. The summed E-state index contributed by atoms with van der Waals surface area (Å²) < 4.78 is 41.2. The van der Waals surface area contributed by atoms with Gasteiger partial charge >= 0.3 is 6.18 Å². The van der Waals surface area contributed by atoms with Gasteiger partial charge in [0.25, 0.3) is 0 Å². The Kier molecular flexibility index (Phi) is 4.92. The van der Waals surface area contributed by atoms with Gasteiger partial charge in [0.2, 0.25) is 0 Å². The van der Waals surface area contributed by atoms with Gasteiger partial charge in [0, 0.05) is 0 Å². The highest BCUT2D eigenvalue weighted by molar-refractivity contribution is 5.13. The largest absolute Gasteiger partial charge is 0.415 e. The fourth-order valence-electron chi connectivity index (χ4n) is 1.22. The van der Waals surface area contributed by atoms with Crippen LogP contribution >= 0.6 is 0 Å². The smallest absolute Gasteiger partial charge is 0.382 e. The Morgan fingerprint density at radius 3 is 2.35 bits per heavy atom. The minimum atomic E-state index is -4.71. The van der Waals surface area contributed by atoms with E-state index in [1.54, 1.807) is 24.3 Å². The summed E-state index contributed by atoms with van der Waals surface area (Å²) in [4.78, 5) is 0. The van der Waals surface area contributed by atoms with Gasteiger partial charge in [-0.1, -0.05) is 30.3 Å². The van der Waals surface area contributed by atoms with Crippen LogP contribution in [0.1, 0.15) is 5.56 Å². The summed E-state index contributed by atoms with van der Waals surface area (Å²) in [6, 6.07) is 7.51. The molecule has 0 aromatic heterocycles. The number of rotatable bonds is 5. The number of nitrogens with two attached hydrogens (primary N) is 1. The Morgan fingerprint density at radius 1 is 1.24 bits per heavy atom. The molecule has 0 bridgehead atoms. The van der Waals surface area contributed by atoms with Crippen LogP contribution in [-0.2, 0) is 11.3 Å². The molecule has 2 atom stereocenters. The maximum atomic E-state index is 12.1. The molecule has 0 radical (unpaired) electrons. The highest BCUT2D eigenvalue weighted by atomic mass is 19.4. The molecule has 0 spiro atoms. The van der Waals surface area contributed by atoms with Gasteiger partial charge in [0.1, 0.15) is 0 Å². The quantitative estimate of drug-likeness (QED) is 0.830. The van der Waals surface area contributed by atoms with Crippen molar-refractivity contribution >= 4 is 0 Å². The van der Waals surface area contributed by atoms with Crippen molar-refractivity contribution in [3.63, 3.8) is 0 Å². The van der Waals surface area contributed by atoms with Crippen LogP contribution in [-0.4, -0.2) is 30.0 Å². The summed E-state index contributed by atoms with van der Waals surface area (Å²) in [7, 11) is 0. The molecule has 3 nitrogen and oxygen atoms in total. The average Bonchev–Trinajstić information content (AvgIpc) is 2.28. The molecule has 0 aliphatic carbocycles. The third kappa shape index (κ3) is 4.72. The van der Waals surface area contributed by atoms with Crippen molar-refractivity contribution in [1.82, 2.24) is 0 Å². The lowest BCUT2D eigenvalue weighted by Crippen LogP contribution is -2.47. The Hall–Kier alpha value is -1.11. The lowest BCUT2D eigenvalue weighted by Gasteiger charge is -2.21. The minimum absolute atomic E-state index is 0.166. The van der Waals surface area contributed by atoms with E-state index < -0.39 is 18.3 Å². The molecule has 0 fully saturated rings. The first kappa shape index (κ1) is 14.0. The van der Waals surface area contributed by atoms with Crippen molar-refractivity contribution in [2.24, 2.45) is 5.73 Å². The topological polar surface area (TPSA) is 55.5 Å². The summed E-state index contributed by atoms with van der Waals surface area (Å²) in [6.45, 7) is -0.186. The number of aliphatic hydroxyl groups is 1. The molecule has 96 valence electrons. The fourth-order valence-corrected chi connectivity index (χ4v) is 1.22. The molecule has 3 N–H and O–H groups in total. The van der Waals surface area contributed by atoms with Gasteiger partial charge in [-0.05, 0) is 5.56 Å². The van der Waals surface area contributed by atoms with Crippen LogP contribution < -0.4 is 5.73 Å². The lowest BCUT2D eigenvalue weighted by atomic mass is 10.2. The van der Waals surface area contributed by atoms with Gasteiger partial charge in [-0.25, -0.2) is 0 Å².